The molecule has 0 amide bonds. The maximum atomic E-state index is 12.8. The number of hydrogen-bond acceptors (Lipinski definition) is 5. The fourth-order valence-electron chi connectivity index (χ4n) is 3.04. The molecule has 0 atom stereocenters. The predicted molar refractivity (Wildman–Crippen MR) is 118 cm³/mol. The lowest BCUT2D eigenvalue weighted by atomic mass is 10.00. The van der Waals surface area contributed by atoms with E-state index >= 15 is 0 Å². The van der Waals surface area contributed by atoms with Crippen molar-refractivity contribution >= 4 is 23.5 Å². The van der Waals surface area contributed by atoms with Crippen molar-refractivity contribution in [2.45, 2.75) is 0 Å². The molecule has 0 aromatic heterocycles. The maximum Gasteiger partial charge on any atom is 0.203 e. The van der Waals surface area contributed by atoms with Gasteiger partial charge in [0.25, 0.3) is 0 Å². The molecule has 6 heteroatoms. The Morgan fingerprint density at radius 3 is 2.17 bits per heavy atom. The Kier molecular flexibility index (Phi) is 6.65. The highest BCUT2D eigenvalue weighted by molar-refractivity contribution is 6.30. The summed E-state index contributed by atoms with van der Waals surface area (Å²) in [6.07, 6.45) is 3.01. The van der Waals surface area contributed by atoms with E-state index in [1.165, 1.54) is 33.5 Å². The Morgan fingerprint density at radius 1 is 0.900 bits per heavy atom. The van der Waals surface area contributed by atoms with Gasteiger partial charge in [0.15, 0.2) is 17.3 Å². The van der Waals surface area contributed by atoms with Crippen molar-refractivity contribution in [3.8, 4) is 34.1 Å². The molecular formula is C24H21ClO5. The Bertz CT molecular complexity index is 1080. The number of ether oxygens (including phenoxy) is 3. The zero-order valence-electron chi connectivity index (χ0n) is 16.8. The summed E-state index contributed by atoms with van der Waals surface area (Å²) in [6.45, 7) is 0. The number of carbonyl (C=O) groups is 1. The van der Waals surface area contributed by atoms with Crippen LogP contribution in [0.25, 0.3) is 17.2 Å². The molecule has 3 aromatic rings. The molecule has 0 unspecified atom stereocenters. The minimum absolute atomic E-state index is 0.0969. The number of allylic oxidation sites excluding steroid dienone is 1. The second-order valence-corrected chi connectivity index (χ2v) is 6.83. The fourth-order valence-corrected chi connectivity index (χ4v) is 3.23. The molecule has 0 spiro atoms. The standard InChI is InChI=1S/C24H21ClO5/c1-28-22-11-15(12-23(29-2)24(22)30-3)7-9-20(26)19-14-17(8-10-21(19)27)16-5-4-6-18(25)13-16/h4-14,27H,1-3H3/b9-7+. The average Bonchev–Trinajstić information content (AvgIpc) is 2.76. The van der Waals surface area contributed by atoms with Gasteiger partial charge in [0, 0.05) is 5.02 Å². The Hall–Kier alpha value is -3.44. The zero-order valence-corrected chi connectivity index (χ0v) is 17.6. The molecule has 0 aliphatic rings. The summed E-state index contributed by atoms with van der Waals surface area (Å²) in [5.41, 5.74) is 2.50. The molecule has 30 heavy (non-hydrogen) atoms. The third-order valence-corrected chi connectivity index (χ3v) is 4.77. The summed E-state index contributed by atoms with van der Waals surface area (Å²) < 4.78 is 16.0. The fraction of sp³-hybridized carbons (Fsp3) is 0.125. The number of rotatable bonds is 7. The van der Waals surface area contributed by atoms with Gasteiger partial charge in [0.2, 0.25) is 5.75 Å². The van der Waals surface area contributed by atoms with Crippen LogP contribution in [-0.4, -0.2) is 32.2 Å². The molecule has 154 valence electrons. The van der Waals surface area contributed by atoms with Crippen molar-refractivity contribution in [1.82, 2.24) is 0 Å². The van der Waals surface area contributed by atoms with Gasteiger partial charge in [-0.05, 0) is 59.2 Å². The van der Waals surface area contributed by atoms with Crippen LogP contribution in [0.4, 0.5) is 0 Å². The molecule has 1 N–H and O–H groups in total. The van der Waals surface area contributed by atoms with Crippen LogP contribution in [0.3, 0.4) is 0 Å². The summed E-state index contributed by atoms with van der Waals surface area (Å²) in [7, 11) is 4.57. The number of carbonyl (C=O) groups excluding carboxylic acids is 1. The van der Waals surface area contributed by atoms with E-state index in [0.29, 0.717) is 27.8 Å². The number of ketones is 1. The van der Waals surface area contributed by atoms with Crippen molar-refractivity contribution < 1.29 is 24.1 Å². The van der Waals surface area contributed by atoms with E-state index in [1.807, 2.05) is 12.1 Å². The highest BCUT2D eigenvalue weighted by Crippen LogP contribution is 2.38. The monoisotopic (exact) mass is 424 g/mol. The van der Waals surface area contributed by atoms with Gasteiger partial charge >= 0.3 is 0 Å². The summed E-state index contributed by atoms with van der Waals surface area (Å²) in [5.74, 6) is 0.991. The first-order chi connectivity index (χ1) is 14.5. The SMILES string of the molecule is COc1cc(/C=C/C(=O)c2cc(-c3cccc(Cl)c3)ccc2O)cc(OC)c1OC. The van der Waals surface area contributed by atoms with Crippen LogP contribution >= 0.6 is 11.6 Å². The van der Waals surface area contributed by atoms with Crippen molar-refractivity contribution in [2.24, 2.45) is 0 Å². The first-order valence-electron chi connectivity index (χ1n) is 9.08. The molecule has 0 bridgehead atoms. The molecule has 0 radical (unpaired) electrons. The Morgan fingerprint density at radius 2 is 1.57 bits per heavy atom. The third-order valence-electron chi connectivity index (χ3n) is 4.53. The van der Waals surface area contributed by atoms with Gasteiger partial charge in [-0.2, -0.15) is 0 Å². The molecular weight excluding hydrogens is 404 g/mol. The van der Waals surface area contributed by atoms with E-state index in [-0.39, 0.29) is 17.1 Å². The van der Waals surface area contributed by atoms with E-state index < -0.39 is 0 Å². The maximum absolute atomic E-state index is 12.8. The summed E-state index contributed by atoms with van der Waals surface area (Å²) in [6, 6.07) is 15.6. The largest absolute Gasteiger partial charge is 0.507 e. The van der Waals surface area contributed by atoms with Crippen LogP contribution in [0.1, 0.15) is 15.9 Å². The number of aromatic hydroxyl groups is 1. The number of phenolic OH excluding ortho intramolecular Hbond substituents is 1. The molecule has 0 aliphatic carbocycles. The predicted octanol–water partition coefficient (Wildman–Crippen LogP) is 5.63. The van der Waals surface area contributed by atoms with Gasteiger partial charge in [-0.15, -0.1) is 0 Å². The quantitative estimate of drug-likeness (QED) is 0.393. The number of halogens is 1. The topological polar surface area (TPSA) is 65.0 Å². The summed E-state index contributed by atoms with van der Waals surface area (Å²) in [5, 5.41) is 10.8. The van der Waals surface area contributed by atoms with Crippen molar-refractivity contribution in [3.05, 3.63) is 76.8 Å². The molecule has 3 rings (SSSR count). The van der Waals surface area contributed by atoms with E-state index in [2.05, 4.69) is 0 Å². The van der Waals surface area contributed by atoms with Crippen molar-refractivity contribution in [3.63, 3.8) is 0 Å². The normalized spacial score (nSPS) is 10.8. The lowest BCUT2D eigenvalue weighted by Crippen LogP contribution is -1.97. The molecule has 0 saturated heterocycles. The van der Waals surface area contributed by atoms with E-state index in [9.17, 15) is 9.90 Å². The van der Waals surface area contributed by atoms with Gasteiger partial charge in [0.1, 0.15) is 5.75 Å². The molecule has 0 heterocycles. The smallest absolute Gasteiger partial charge is 0.203 e. The number of phenols is 1. The van der Waals surface area contributed by atoms with Gasteiger partial charge in [-0.3, -0.25) is 4.79 Å². The second-order valence-electron chi connectivity index (χ2n) is 6.40. The molecule has 0 fully saturated rings. The van der Waals surface area contributed by atoms with Crippen LogP contribution in [0.2, 0.25) is 5.02 Å². The number of hydrogen-bond donors (Lipinski definition) is 1. The van der Waals surface area contributed by atoms with Gasteiger partial charge in [-0.25, -0.2) is 0 Å². The highest BCUT2D eigenvalue weighted by atomic mass is 35.5. The number of methoxy groups -OCH3 is 3. The van der Waals surface area contributed by atoms with Crippen molar-refractivity contribution in [1.29, 1.82) is 0 Å². The second kappa shape index (κ2) is 9.37. The average molecular weight is 425 g/mol. The lowest BCUT2D eigenvalue weighted by molar-refractivity contribution is 0.104. The molecule has 0 aliphatic heterocycles. The molecule has 0 saturated carbocycles. The Balaban J connectivity index is 1.93. The van der Waals surface area contributed by atoms with Crippen LogP contribution in [-0.2, 0) is 0 Å². The van der Waals surface area contributed by atoms with Gasteiger partial charge < -0.3 is 19.3 Å². The minimum Gasteiger partial charge on any atom is -0.507 e. The van der Waals surface area contributed by atoms with Crippen LogP contribution in [0, 0.1) is 0 Å². The van der Waals surface area contributed by atoms with Crippen molar-refractivity contribution in [2.75, 3.05) is 21.3 Å². The van der Waals surface area contributed by atoms with Crippen LogP contribution in [0.15, 0.2) is 60.7 Å². The third kappa shape index (κ3) is 4.58. The van der Waals surface area contributed by atoms with E-state index in [1.54, 1.807) is 42.5 Å². The first kappa shape index (κ1) is 21.3. The summed E-state index contributed by atoms with van der Waals surface area (Å²) >= 11 is 6.06. The lowest BCUT2D eigenvalue weighted by Gasteiger charge is -2.12. The van der Waals surface area contributed by atoms with E-state index in [0.717, 1.165) is 11.1 Å². The summed E-state index contributed by atoms with van der Waals surface area (Å²) in [4.78, 5) is 12.8. The molecule has 3 aromatic carbocycles. The zero-order chi connectivity index (χ0) is 21.7. The number of benzene rings is 3. The Labute approximate surface area is 180 Å². The first-order valence-corrected chi connectivity index (χ1v) is 9.46. The van der Waals surface area contributed by atoms with Gasteiger partial charge in [0.05, 0.1) is 26.9 Å². The van der Waals surface area contributed by atoms with E-state index in [4.69, 9.17) is 25.8 Å². The molecule has 5 nitrogen and oxygen atoms in total. The highest BCUT2D eigenvalue weighted by Gasteiger charge is 2.14. The van der Waals surface area contributed by atoms with Crippen LogP contribution in [0.5, 0.6) is 23.0 Å². The van der Waals surface area contributed by atoms with Gasteiger partial charge in [-0.1, -0.05) is 35.9 Å². The minimum atomic E-state index is -0.342. The van der Waals surface area contributed by atoms with Crippen LogP contribution < -0.4 is 14.2 Å².